The highest BCUT2D eigenvalue weighted by molar-refractivity contribution is 6.00. The van der Waals surface area contributed by atoms with Crippen LogP contribution in [-0.2, 0) is 9.47 Å². The van der Waals surface area contributed by atoms with E-state index >= 15 is 0 Å². The van der Waals surface area contributed by atoms with Crippen molar-refractivity contribution < 1.29 is 14.3 Å². The Morgan fingerprint density at radius 3 is 2.45 bits per heavy atom. The summed E-state index contributed by atoms with van der Waals surface area (Å²) in [5.74, 6) is -0.532. The molecule has 2 aliphatic heterocycles. The van der Waals surface area contributed by atoms with Crippen molar-refractivity contribution in [3.05, 3.63) is 66.6 Å². The van der Waals surface area contributed by atoms with E-state index in [1.807, 2.05) is 53.6 Å². The number of ether oxygens (including phenoxy) is 2. The highest BCUT2D eigenvalue weighted by Gasteiger charge is 2.41. The maximum Gasteiger partial charge on any atom is 0.257 e. The zero-order chi connectivity index (χ0) is 19.7. The predicted molar refractivity (Wildman–Crippen MR) is 107 cm³/mol. The first-order valence-electron chi connectivity index (χ1n) is 9.87. The van der Waals surface area contributed by atoms with Crippen LogP contribution < -0.4 is 0 Å². The second-order valence-corrected chi connectivity index (χ2v) is 7.31. The third-order valence-electron chi connectivity index (χ3n) is 5.53. The van der Waals surface area contributed by atoms with Crippen LogP contribution in [0.15, 0.2) is 61.1 Å². The Labute approximate surface area is 168 Å². The lowest BCUT2D eigenvalue weighted by atomic mass is 10.0. The molecule has 0 bridgehead atoms. The van der Waals surface area contributed by atoms with Gasteiger partial charge in [-0.25, -0.2) is 4.68 Å². The van der Waals surface area contributed by atoms with Crippen LogP contribution in [0.5, 0.6) is 0 Å². The Morgan fingerprint density at radius 2 is 1.76 bits per heavy atom. The first-order valence-corrected chi connectivity index (χ1v) is 9.87. The fourth-order valence-electron chi connectivity index (χ4n) is 3.97. The molecule has 2 aromatic heterocycles. The van der Waals surface area contributed by atoms with Crippen LogP contribution in [0.4, 0.5) is 0 Å². The highest BCUT2D eigenvalue weighted by Crippen LogP contribution is 2.33. The van der Waals surface area contributed by atoms with Crippen LogP contribution in [0.2, 0.25) is 0 Å². The van der Waals surface area contributed by atoms with Crippen LogP contribution in [0, 0.1) is 0 Å². The van der Waals surface area contributed by atoms with Crippen molar-refractivity contribution in [1.29, 1.82) is 0 Å². The summed E-state index contributed by atoms with van der Waals surface area (Å²) in [6.07, 6.45) is 6.64. The van der Waals surface area contributed by atoms with Crippen molar-refractivity contribution in [3.63, 3.8) is 0 Å². The number of para-hydroxylation sites is 1. The zero-order valence-electron chi connectivity index (χ0n) is 16.0. The van der Waals surface area contributed by atoms with E-state index in [-0.39, 0.29) is 5.91 Å². The van der Waals surface area contributed by atoms with Crippen LogP contribution in [-0.4, -0.2) is 57.7 Å². The number of carbonyl (C=O) groups excluding carboxylic acids is 1. The van der Waals surface area contributed by atoms with Crippen molar-refractivity contribution in [3.8, 4) is 16.9 Å². The third kappa shape index (κ3) is 3.43. The summed E-state index contributed by atoms with van der Waals surface area (Å²) in [7, 11) is 0. The second kappa shape index (κ2) is 7.42. The van der Waals surface area contributed by atoms with E-state index in [4.69, 9.17) is 14.6 Å². The number of pyridine rings is 1. The Kier molecular flexibility index (Phi) is 4.61. The number of benzene rings is 1. The number of hydrogen-bond donors (Lipinski definition) is 0. The molecule has 0 saturated carbocycles. The zero-order valence-corrected chi connectivity index (χ0v) is 16.0. The molecule has 2 saturated heterocycles. The minimum absolute atomic E-state index is 0.0288. The molecule has 4 heterocycles. The average Bonchev–Trinajstić information content (AvgIpc) is 3.43. The minimum Gasteiger partial charge on any atom is -0.347 e. The maximum atomic E-state index is 13.4. The summed E-state index contributed by atoms with van der Waals surface area (Å²) in [6, 6.07) is 13.6. The summed E-state index contributed by atoms with van der Waals surface area (Å²) in [6.45, 7) is 2.45. The number of aromatic nitrogens is 3. The maximum absolute atomic E-state index is 13.4. The monoisotopic (exact) mass is 390 g/mol. The van der Waals surface area contributed by atoms with Crippen LogP contribution >= 0.6 is 0 Å². The smallest absolute Gasteiger partial charge is 0.257 e. The number of likely N-dealkylation sites (tertiary alicyclic amines) is 1. The number of amides is 1. The number of nitrogens with zero attached hydrogens (tertiary/aromatic N) is 4. The van der Waals surface area contributed by atoms with Gasteiger partial charge in [-0.1, -0.05) is 18.2 Å². The standard InChI is InChI=1S/C22H22N4O3/c27-21(25-11-8-22(9-12-25)28-13-14-29-22)19-16-26(18-6-2-1-3-7-18)24-20(19)17-5-4-10-23-15-17/h1-7,10,15-16H,8-9,11-14H2. The number of hydrogen-bond acceptors (Lipinski definition) is 5. The lowest BCUT2D eigenvalue weighted by Crippen LogP contribution is -2.47. The van der Waals surface area contributed by atoms with E-state index in [2.05, 4.69) is 4.98 Å². The Bertz CT molecular complexity index is 987. The lowest BCUT2D eigenvalue weighted by molar-refractivity contribution is -0.181. The first-order chi connectivity index (χ1) is 14.2. The van der Waals surface area contributed by atoms with Gasteiger partial charge in [0.2, 0.25) is 0 Å². The van der Waals surface area contributed by atoms with Crippen molar-refractivity contribution >= 4 is 5.91 Å². The molecule has 0 atom stereocenters. The SMILES string of the molecule is O=C(c1cn(-c2ccccc2)nc1-c1cccnc1)N1CCC2(CC1)OCCO2. The van der Waals surface area contributed by atoms with Gasteiger partial charge in [-0.2, -0.15) is 5.10 Å². The summed E-state index contributed by atoms with van der Waals surface area (Å²) < 4.78 is 13.3. The molecule has 7 nitrogen and oxygen atoms in total. The molecular weight excluding hydrogens is 368 g/mol. The molecule has 1 amide bonds. The third-order valence-corrected chi connectivity index (χ3v) is 5.53. The Hall–Kier alpha value is -3.03. The molecule has 3 aromatic rings. The van der Waals surface area contributed by atoms with E-state index < -0.39 is 5.79 Å². The number of piperidine rings is 1. The van der Waals surface area contributed by atoms with Gasteiger partial charge in [0, 0.05) is 50.1 Å². The number of rotatable bonds is 3. The Balaban J connectivity index is 1.47. The molecule has 7 heteroatoms. The summed E-state index contributed by atoms with van der Waals surface area (Å²) in [5, 5.41) is 4.72. The first kappa shape index (κ1) is 18.0. The lowest BCUT2D eigenvalue weighted by Gasteiger charge is -2.37. The molecule has 1 aromatic carbocycles. The molecule has 0 radical (unpaired) electrons. The topological polar surface area (TPSA) is 69.5 Å². The number of carbonyl (C=O) groups is 1. The fraction of sp³-hybridized carbons (Fsp3) is 0.318. The van der Waals surface area contributed by atoms with Gasteiger partial charge in [-0.3, -0.25) is 9.78 Å². The van der Waals surface area contributed by atoms with Crippen LogP contribution in [0.1, 0.15) is 23.2 Å². The molecule has 29 heavy (non-hydrogen) atoms. The second-order valence-electron chi connectivity index (χ2n) is 7.31. The van der Waals surface area contributed by atoms with Gasteiger partial charge < -0.3 is 14.4 Å². The van der Waals surface area contributed by atoms with Gasteiger partial charge in [0.05, 0.1) is 24.5 Å². The van der Waals surface area contributed by atoms with Gasteiger partial charge in [0.1, 0.15) is 5.69 Å². The highest BCUT2D eigenvalue weighted by atomic mass is 16.7. The van der Waals surface area contributed by atoms with Gasteiger partial charge in [0.15, 0.2) is 5.79 Å². The van der Waals surface area contributed by atoms with Crippen molar-refractivity contribution in [2.45, 2.75) is 18.6 Å². The van der Waals surface area contributed by atoms with E-state index in [0.717, 1.165) is 11.3 Å². The molecule has 1 spiro atoms. The molecule has 2 fully saturated rings. The summed E-state index contributed by atoms with van der Waals surface area (Å²) >= 11 is 0. The van der Waals surface area contributed by atoms with Crippen LogP contribution in [0.3, 0.4) is 0 Å². The van der Waals surface area contributed by atoms with Crippen molar-refractivity contribution in [2.75, 3.05) is 26.3 Å². The summed E-state index contributed by atoms with van der Waals surface area (Å²) in [5.41, 5.74) is 2.94. The van der Waals surface area contributed by atoms with Crippen LogP contribution in [0.25, 0.3) is 16.9 Å². The predicted octanol–water partition coefficient (Wildman–Crippen LogP) is 2.91. The Morgan fingerprint density at radius 1 is 1.00 bits per heavy atom. The van der Waals surface area contributed by atoms with Gasteiger partial charge >= 0.3 is 0 Å². The largest absolute Gasteiger partial charge is 0.347 e. The van der Waals surface area contributed by atoms with Gasteiger partial charge in [-0.05, 0) is 24.3 Å². The van der Waals surface area contributed by atoms with E-state index in [1.54, 1.807) is 17.1 Å². The summed E-state index contributed by atoms with van der Waals surface area (Å²) in [4.78, 5) is 19.5. The molecular formula is C22H22N4O3. The molecule has 0 N–H and O–H groups in total. The van der Waals surface area contributed by atoms with Gasteiger partial charge in [-0.15, -0.1) is 0 Å². The molecule has 148 valence electrons. The minimum atomic E-state index is -0.503. The quantitative estimate of drug-likeness (QED) is 0.688. The molecule has 0 aliphatic carbocycles. The van der Waals surface area contributed by atoms with E-state index in [1.165, 1.54) is 0 Å². The van der Waals surface area contributed by atoms with Crippen molar-refractivity contribution in [2.24, 2.45) is 0 Å². The van der Waals surface area contributed by atoms with Crippen molar-refractivity contribution in [1.82, 2.24) is 19.7 Å². The fourth-order valence-corrected chi connectivity index (χ4v) is 3.97. The molecule has 5 rings (SSSR count). The average molecular weight is 390 g/mol. The normalized spacial score (nSPS) is 18.3. The van der Waals surface area contributed by atoms with E-state index in [9.17, 15) is 4.79 Å². The van der Waals surface area contributed by atoms with E-state index in [0.29, 0.717) is 50.4 Å². The molecule has 0 unspecified atom stereocenters. The molecule has 2 aliphatic rings. The van der Waals surface area contributed by atoms with Gasteiger partial charge in [0.25, 0.3) is 5.91 Å².